The van der Waals surface area contributed by atoms with Gasteiger partial charge in [0.25, 0.3) is 0 Å². The molecule has 5 rings (SSSR count). The molecule has 1 aromatic heterocycles. The van der Waals surface area contributed by atoms with Crippen LogP contribution in [0.25, 0.3) is 10.6 Å². The first kappa shape index (κ1) is 20.2. The Balaban J connectivity index is 1.37. The molecule has 2 aliphatic carbocycles. The summed E-state index contributed by atoms with van der Waals surface area (Å²) < 4.78 is 28.1. The zero-order valence-corrected chi connectivity index (χ0v) is 18.5. The van der Waals surface area contributed by atoms with Crippen molar-refractivity contribution in [3.05, 3.63) is 41.4 Å². The molecular formula is C22H27N3O3S2. The molecule has 30 heavy (non-hydrogen) atoms. The van der Waals surface area contributed by atoms with Crippen molar-refractivity contribution in [2.24, 2.45) is 5.92 Å². The molecular weight excluding hydrogens is 418 g/mol. The summed E-state index contributed by atoms with van der Waals surface area (Å²) in [5, 5.41) is 2.74. The number of benzene rings is 1. The number of hydrogen-bond acceptors (Lipinski definition) is 5. The number of thiazole rings is 1. The number of likely N-dealkylation sites (tertiary alicyclic amines) is 1. The lowest BCUT2D eigenvalue weighted by Crippen LogP contribution is -2.50. The Labute approximate surface area is 181 Å². The first-order chi connectivity index (χ1) is 14.5. The number of carbonyl (C=O) groups excluding carboxylic acids is 1. The highest BCUT2D eigenvalue weighted by Crippen LogP contribution is 2.34. The molecule has 2 saturated carbocycles. The minimum Gasteiger partial charge on any atom is -0.337 e. The molecule has 1 aliphatic heterocycles. The zero-order chi connectivity index (χ0) is 20.7. The van der Waals surface area contributed by atoms with E-state index in [9.17, 15) is 13.2 Å². The van der Waals surface area contributed by atoms with Gasteiger partial charge in [-0.2, -0.15) is 0 Å². The number of hydrogen-bond donors (Lipinski definition) is 1. The van der Waals surface area contributed by atoms with Crippen LogP contribution < -0.4 is 4.72 Å². The first-order valence-corrected chi connectivity index (χ1v) is 13.3. The molecule has 2 atom stereocenters. The van der Waals surface area contributed by atoms with Crippen molar-refractivity contribution >= 4 is 27.3 Å². The average Bonchev–Trinajstić information content (AvgIpc) is 3.36. The Morgan fingerprint density at radius 2 is 1.90 bits per heavy atom. The van der Waals surface area contributed by atoms with E-state index >= 15 is 0 Å². The van der Waals surface area contributed by atoms with Crippen LogP contribution in [0.5, 0.6) is 0 Å². The van der Waals surface area contributed by atoms with Gasteiger partial charge in [-0.1, -0.05) is 36.8 Å². The van der Waals surface area contributed by atoms with Crippen molar-refractivity contribution in [2.75, 3.05) is 6.54 Å². The minimum atomic E-state index is -3.30. The van der Waals surface area contributed by atoms with Crippen molar-refractivity contribution in [1.29, 1.82) is 0 Å². The van der Waals surface area contributed by atoms with Crippen LogP contribution in [0.3, 0.4) is 0 Å². The van der Waals surface area contributed by atoms with Gasteiger partial charge in [0, 0.05) is 35.9 Å². The van der Waals surface area contributed by atoms with Gasteiger partial charge in [-0.05, 0) is 32.1 Å². The standard InChI is InChI=1S/C22H27N3O3S2/c26-22(16-7-4-8-16)25-12-11-19(24-30(27,28)18-9-10-18)20(25)13-17-14-29-21(23-17)15-5-2-1-3-6-15/h1-3,5-6,14,16,18-20,24H,4,7-13H2/t19-,20-/m0/s1. The molecule has 3 fully saturated rings. The molecule has 1 aromatic carbocycles. The maximum absolute atomic E-state index is 13.0. The van der Waals surface area contributed by atoms with Gasteiger partial charge >= 0.3 is 0 Å². The monoisotopic (exact) mass is 445 g/mol. The summed E-state index contributed by atoms with van der Waals surface area (Å²) in [6, 6.07) is 9.65. The van der Waals surface area contributed by atoms with Crippen molar-refractivity contribution in [3.63, 3.8) is 0 Å². The van der Waals surface area contributed by atoms with Crippen LogP contribution in [0.2, 0.25) is 0 Å². The lowest BCUT2D eigenvalue weighted by Gasteiger charge is -2.34. The number of aromatic nitrogens is 1. The average molecular weight is 446 g/mol. The van der Waals surface area contributed by atoms with E-state index in [2.05, 4.69) is 4.72 Å². The van der Waals surface area contributed by atoms with Gasteiger partial charge < -0.3 is 4.90 Å². The van der Waals surface area contributed by atoms with Crippen LogP contribution in [-0.4, -0.2) is 48.1 Å². The van der Waals surface area contributed by atoms with Crippen molar-refractivity contribution < 1.29 is 13.2 Å². The third-order valence-electron chi connectivity index (χ3n) is 6.55. The van der Waals surface area contributed by atoms with Crippen LogP contribution in [0.15, 0.2) is 35.7 Å². The second-order valence-corrected chi connectivity index (χ2v) is 11.5. The van der Waals surface area contributed by atoms with E-state index < -0.39 is 10.0 Å². The maximum Gasteiger partial charge on any atom is 0.225 e. The molecule has 0 radical (unpaired) electrons. The van der Waals surface area contributed by atoms with Gasteiger partial charge in [0.15, 0.2) is 0 Å². The molecule has 0 unspecified atom stereocenters. The van der Waals surface area contributed by atoms with E-state index in [-0.39, 0.29) is 29.2 Å². The second-order valence-electron chi connectivity index (χ2n) is 8.70. The van der Waals surface area contributed by atoms with Crippen LogP contribution in [0.1, 0.15) is 44.2 Å². The molecule has 0 bridgehead atoms. The van der Waals surface area contributed by atoms with Crippen molar-refractivity contribution in [2.45, 2.75) is 62.3 Å². The SMILES string of the molecule is O=C(C1CCC1)N1CC[C@H](NS(=O)(=O)C2CC2)[C@@H]1Cc1csc(-c2ccccc2)n1. The number of nitrogens with one attached hydrogen (secondary N) is 1. The lowest BCUT2D eigenvalue weighted by atomic mass is 9.84. The molecule has 3 aliphatic rings. The molecule has 1 amide bonds. The molecule has 6 nitrogen and oxygen atoms in total. The van der Waals surface area contributed by atoms with Crippen LogP contribution in [0, 0.1) is 5.92 Å². The molecule has 1 saturated heterocycles. The zero-order valence-electron chi connectivity index (χ0n) is 16.9. The summed E-state index contributed by atoms with van der Waals surface area (Å²) in [6.45, 7) is 0.619. The van der Waals surface area contributed by atoms with Gasteiger partial charge in [0.05, 0.1) is 17.0 Å². The number of sulfonamides is 1. The van der Waals surface area contributed by atoms with Gasteiger partial charge in [-0.3, -0.25) is 4.79 Å². The Kier molecular flexibility index (Phi) is 5.41. The maximum atomic E-state index is 13.0. The number of carbonyl (C=O) groups is 1. The normalized spacial score (nSPS) is 24.7. The smallest absolute Gasteiger partial charge is 0.225 e. The van der Waals surface area contributed by atoms with E-state index in [0.29, 0.717) is 19.4 Å². The molecule has 2 heterocycles. The van der Waals surface area contributed by atoms with Gasteiger partial charge in [-0.15, -0.1) is 11.3 Å². The van der Waals surface area contributed by atoms with E-state index in [1.165, 1.54) is 0 Å². The number of amides is 1. The summed E-state index contributed by atoms with van der Waals surface area (Å²) in [5.41, 5.74) is 2.00. The molecule has 0 spiro atoms. The van der Waals surface area contributed by atoms with Crippen LogP contribution in [0.4, 0.5) is 0 Å². The minimum absolute atomic E-state index is 0.113. The van der Waals surface area contributed by atoms with E-state index in [1.807, 2.05) is 40.6 Å². The van der Waals surface area contributed by atoms with E-state index in [4.69, 9.17) is 4.98 Å². The predicted molar refractivity (Wildman–Crippen MR) is 118 cm³/mol. The van der Waals surface area contributed by atoms with Crippen LogP contribution >= 0.6 is 11.3 Å². The lowest BCUT2D eigenvalue weighted by molar-refractivity contribution is -0.139. The topological polar surface area (TPSA) is 79.4 Å². The first-order valence-electron chi connectivity index (χ1n) is 10.8. The highest BCUT2D eigenvalue weighted by molar-refractivity contribution is 7.90. The summed E-state index contributed by atoms with van der Waals surface area (Å²) in [5.74, 6) is 0.305. The van der Waals surface area contributed by atoms with Crippen molar-refractivity contribution in [1.82, 2.24) is 14.6 Å². The highest BCUT2D eigenvalue weighted by Gasteiger charge is 2.44. The summed E-state index contributed by atoms with van der Waals surface area (Å²) in [4.78, 5) is 19.8. The van der Waals surface area contributed by atoms with Gasteiger partial charge in [0.2, 0.25) is 15.9 Å². The predicted octanol–water partition coefficient (Wildman–Crippen LogP) is 3.20. The molecule has 2 aromatic rings. The molecule has 8 heteroatoms. The quantitative estimate of drug-likeness (QED) is 0.710. The summed E-state index contributed by atoms with van der Waals surface area (Å²) in [6.07, 6.45) is 5.75. The third kappa shape index (κ3) is 4.05. The Morgan fingerprint density at radius 3 is 2.57 bits per heavy atom. The summed E-state index contributed by atoms with van der Waals surface area (Å²) >= 11 is 1.59. The van der Waals surface area contributed by atoms with E-state index in [0.717, 1.165) is 48.4 Å². The Morgan fingerprint density at radius 1 is 1.13 bits per heavy atom. The summed E-state index contributed by atoms with van der Waals surface area (Å²) in [7, 11) is -3.30. The fourth-order valence-electron chi connectivity index (χ4n) is 4.42. The van der Waals surface area contributed by atoms with Crippen molar-refractivity contribution in [3.8, 4) is 10.6 Å². The molecule has 160 valence electrons. The number of nitrogens with zero attached hydrogens (tertiary/aromatic N) is 2. The third-order valence-corrected chi connectivity index (χ3v) is 9.47. The largest absolute Gasteiger partial charge is 0.337 e. The van der Waals surface area contributed by atoms with Gasteiger partial charge in [0.1, 0.15) is 5.01 Å². The van der Waals surface area contributed by atoms with Gasteiger partial charge in [-0.25, -0.2) is 18.1 Å². The van der Waals surface area contributed by atoms with Crippen LogP contribution in [-0.2, 0) is 21.2 Å². The Hall–Kier alpha value is -1.77. The second kappa shape index (κ2) is 8.05. The number of rotatable bonds is 7. The highest BCUT2D eigenvalue weighted by atomic mass is 32.2. The Bertz CT molecular complexity index is 1010. The van der Waals surface area contributed by atoms with E-state index in [1.54, 1.807) is 11.3 Å². The molecule has 1 N–H and O–H groups in total. The fraction of sp³-hybridized carbons (Fsp3) is 0.545. The fourth-order valence-corrected chi connectivity index (χ4v) is 6.91.